The van der Waals surface area contributed by atoms with Crippen LogP contribution in [0.5, 0.6) is 11.5 Å². The van der Waals surface area contributed by atoms with Gasteiger partial charge in [-0.1, -0.05) is 0 Å². The molecule has 0 radical (unpaired) electrons. The monoisotopic (exact) mass is 322 g/mol. The Hall–Kier alpha value is -1.42. The third kappa shape index (κ3) is 2.37. The summed E-state index contributed by atoms with van der Waals surface area (Å²) in [6.07, 6.45) is 2.47. The van der Waals surface area contributed by atoms with E-state index in [1.165, 1.54) is 12.8 Å². The quantitative estimate of drug-likeness (QED) is 0.824. The van der Waals surface area contributed by atoms with Gasteiger partial charge in [-0.15, -0.1) is 0 Å². The van der Waals surface area contributed by atoms with Crippen molar-refractivity contribution in [2.75, 3.05) is 14.2 Å². The Labute approximate surface area is 120 Å². The maximum absolute atomic E-state index is 5.91. The molecule has 0 N–H and O–H groups in total. The van der Waals surface area contributed by atoms with Crippen molar-refractivity contribution in [2.45, 2.75) is 18.8 Å². The number of hydrogen-bond acceptors (Lipinski definition) is 3. The van der Waals surface area contributed by atoms with Gasteiger partial charge in [-0.3, -0.25) is 0 Å². The van der Waals surface area contributed by atoms with E-state index in [1.807, 2.05) is 18.2 Å². The second-order valence-electron chi connectivity index (χ2n) is 4.67. The molecule has 3 nitrogen and oxygen atoms in total. The van der Waals surface area contributed by atoms with Crippen LogP contribution in [0, 0.1) is 0 Å². The zero-order chi connectivity index (χ0) is 13.4. The number of benzene rings is 1. The molecule has 0 amide bonds. The van der Waals surface area contributed by atoms with E-state index < -0.39 is 0 Å². The lowest BCUT2D eigenvalue weighted by molar-refractivity contribution is 0.389. The van der Waals surface area contributed by atoms with Gasteiger partial charge in [0.25, 0.3) is 0 Å². The van der Waals surface area contributed by atoms with Crippen molar-refractivity contribution >= 4 is 15.9 Å². The minimum atomic E-state index is 0.619. The van der Waals surface area contributed by atoms with Gasteiger partial charge >= 0.3 is 0 Å². The molecule has 1 aromatic heterocycles. The van der Waals surface area contributed by atoms with Crippen LogP contribution in [0.1, 0.15) is 24.5 Å². The third-order valence-electron chi connectivity index (χ3n) is 3.34. The summed E-state index contributed by atoms with van der Waals surface area (Å²) in [5.74, 6) is 4.02. The van der Waals surface area contributed by atoms with Crippen LogP contribution in [0.4, 0.5) is 0 Å². The average molecular weight is 323 g/mol. The molecule has 1 aromatic carbocycles. The van der Waals surface area contributed by atoms with Crippen LogP contribution < -0.4 is 9.47 Å². The SMILES string of the molecule is COc1cc(-c2ccc(C3CC3)o2)cc(OC)c1Br. The van der Waals surface area contributed by atoms with E-state index in [0.717, 1.165) is 33.1 Å². The maximum atomic E-state index is 5.91. The second kappa shape index (κ2) is 4.93. The van der Waals surface area contributed by atoms with Crippen LogP contribution in [0.25, 0.3) is 11.3 Å². The van der Waals surface area contributed by atoms with E-state index in [9.17, 15) is 0 Å². The van der Waals surface area contributed by atoms with Crippen LogP contribution in [-0.2, 0) is 0 Å². The molecule has 0 unspecified atom stereocenters. The standard InChI is InChI=1S/C15H15BrO3/c1-17-13-7-10(8-14(18-2)15(13)16)12-6-5-11(19-12)9-3-4-9/h5-9H,3-4H2,1-2H3. The minimum absolute atomic E-state index is 0.619. The fourth-order valence-corrected chi connectivity index (χ4v) is 2.66. The lowest BCUT2D eigenvalue weighted by Gasteiger charge is -2.10. The average Bonchev–Trinajstić information content (AvgIpc) is 3.17. The Kier molecular flexibility index (Phi) is 3.27. The molecule has 0 bridgehead atoms. The molecular formula is C15H15BrO3. The molecule has 0 spiro atoms. The summed E-state index contributed by atoms with van der Waals surface area (Å²) in [6, 6.07) is 7.97. The molecule has 1 fully saturated rings. The highest BCUT2D eigenvalue weighted by Crippen LogP contribution is 2.43. The predicted octanol–water partition coefficient (Wildman–Crippen LogP) is 4.60. The Morgan fingerprint density at radius 3 is 2.26 bits per heavy atom. The number of hydrogen-bond donors (Lipinski definition) is 0. The normalized spacial score (nSPS) is 14.5. The van der Waals surface area contributed by atoms with Crippen molar-refractivity contribution < 1.29 is 13.9 Å². The van der Waals surface area contributed by atoms with Crippen LogP contribution >= 0.6 is 15.9 Å². The zero-order valence-corrected chi connectivity index (χ0v) is 12.5. The number of ether oxygens (including phenoxy) is 2. The molecule has 1 saturated carbocycles. The molecule has 1 aliphatic carbocycles. The van der Waals surface area contributed by atoms with Gasteiger partial charge in [0, 0.05) is 11.5 Å². The van der Waals surface area contributed by atoms with Gasteiger partial charge in [-0.25, -0.2) is 0 Å². The molecule has 0 saturated heterocycles. The smallest absolute Gasteiger partial charge is 0.137 e. The molecule has 1 aliphatic rings. The summed E-state index contributed by atoms with van der Waals surface area (Å²) in [6.45, 7) is 0. The molecule has 4 heteroatoms. The lowest BCUT2D eigenvalue weighted by atomic mass is 10.1. The van der Waals surface area contributed by atoms with Gasteiger partial charge in [-0.05, 0) is 53.0 Å². The zero-order valence-electron chi connectivity index (χ0n) is 10.9. The first kappa shape index (κ1) is 12.6. The minimum Gasteiger partial charge on any atom is -0.495 e. The van der Waals surface area contributed by atoms with E-state index in [1.54, 1.807) is 14.2 Å². The van der Waals surface area contributed by atoms with Crippen LogP contribution in [0.3, 0.4) is 0 Å². The summed E-state index contributed by atoms with van der Waals surface area (Å²) >= 11 is 3.47. The van der Waals surface area contributed by atoms with Crippen molar-refractivity contribution in [1.29, 1.82) is 0 Å². The Morgan fingerprint density at radius 2 is 1.74 bits per heavy atom. The lowest BCUT2D eigenvalue weighted by Crippen LogP contribution is -1.91. The first-order chi connectivity index (χ1) is 9.22. The van der Waals surface area contributed by atoms with Crippen LogP contribution in [0.15, 0.2) is 33.2 Å². The topological polar surface area (TPSA) is 31.6 Å². The van der Waals surface area contributed by atoms with Gasteiger partial charge in [0.15, 0.2) is 0 Å². The van der Waals surface area contributed by atoms with Crippen molar-refractivity contribution in [3.63, 3.8) is 0 Å². The van der Waals surface area contributed by atoms with E-state index in [4.69, 9.17) is 13.9 Å². The molecule has 3 rings (SSSR count). The predicted molar refractivity (Wildman–Crippen MR) is 76.9 cm³/mol. The number of furan rings is 1. The molecule has 1 heterocycles. The number of methoxy groups -OCH3 is 2. The molecule has 19 heavy (non-hydrogen) atoms. The molecule has 100 valence electrons. The van der Waals surface area contributed by atoms with E-state index in [2.05, 4.69) is 22.0 Å². The maximum Gasteiger partial charge on any atom is 0.137 e. The van der Waals surface area contributed by atoms with Gasteiger partial charge in [0.1, 0.15) is 27.5 Å². The summed E-state index contributed by atoms with van der Waals surface area (Å²) < 4.78 is 17.4. The highest BCUT2D eigenvalue weighted by molar-refractivity contribution is 9.10. The van der Waals surface area contributed by atoms with Crippen LogP contribution in [-0.4, -0.2) is 14.2 Å². The van der Waals surface area contributed by atoms with E-state index >= 15 is 0 Å². The molecule has 0 aliphatic heterocycles. The van der Waals surface area contributed by atoms with Crippen molar-refractivity contribution in [3.05, 3.63) is 34.5 Å². The fraction of sp³-hybridized carbons (Fsp3) is 0.333. The summed E-state index contributed by atoms with van der Waals surface area (Å²) in [7, 11) is 3.28. The Bertz CT molecular complexity index is 574. The molecule has 2 aromatic rings. The number of halogens is 1. The second-order valence-corrected chi connectivity index (χ2v) is 5.46. The van der Waals surface area contributed by atoms with Gasteiger partial charge in [-0.2, -0.15) is 0 Å². The summed E-state index contributed by atoms with van der Waals surface area (Å²) in [5, 5.41) is 0. The summed E-state index contributed by atoms with van der Waals surface area (Å²) in [5.41, 5.74) is 0.962. The first-order valence-electron chi connectivity index (χ1n) is 6.24. The number of rotatable bonds is 4. The Morgan fingerprint density at radius 1 is 1.11 bits per heavy atom. The largest absolute Gasteiger partial charge is 0.495 e. The third-order valence-corrected chi connectivity index (χ3v) is 4.12. The van der Waals surface area contributed by atoms with E-state index in [-0.39, 0.29) is 0 Å². The van der Waals surface area contributed by atoms with Crippen molar-refractivity contribution in [3.8, 4) is 22.8 Å². The fourth-order valence-electron chi connectivity index (χ4n) is 2.11. The van der Waals surface area contributed by atoms with Crippen molar-refractivity contribution in [2.24, 2.45) is 0 Å². The molecular weight excluding hydrogens is 308 g/mol. The van der Waals surface area contributed by atoms with E-state index in [0.29, 0.717) is 5.92 Å². The highest BCUT2D eigenvalue weighted by atomic mass is 79.9. The van der Waals surface area contributed by atoms with Gasteiger partial charge < -0.3 is 13.9 Å². The highest BCUT2D eigenvalue weighted by Gasteiger charge is 2.27. The Balaban J connectivity index is 2.02. The molecule has 0 atom stereocenters. The first-order valence-corrected chi connectivity index (χ1v) is 7.04. The van der Waals surface area contributed by atoms with Crippen molar-refractivity contribution in [1.82, 2.24) is 0 Å². The van der Waals surface area contributed by atoms with Gasteiger partial charge in [0.05, 0.1) is 14.2 Å². The van der Waals surface area contributed by atoms with Crippen LogP contribution in [0.2, 0.25) is 0 Å². The summed E-state index contributed by atoms with van der Waals surface area (Å²) in [4.78, 5) is 0. The van der Waals surface area contributed by atoms with Gasteiger partial charge in [0.2, 0.25) is 0 Å².